The molecule has 1 aromatic carbocycles. The SMILES string of the molecule is Cc1nccn1-c1ccc(NC(=O)C2CCCN2C(=O)Cc2ccccn2)cc1. The Morgan fingerprint density at radius 3 is 2.62 bits per heavy atom. The van der Waals surface area contributed by atoms with Gasteiger partial charge >= 0.3 is 0 Å². The largest absolute Gasteiger partial charge is 0.330 e. The van der Waals surface area contributed by atoms with Gasteiger partial charge in [0.05, 0.1) is 6.42 Å². The molecular formula is C22H23N5O2. The molecule has 1 aliphatic rings. The van der Waals surface area contributed by atoms with Crippen LogP contribution in [0.25, 0.3) is 5.69 Å². The molecule has 3 heterocycles. The first-order valence-corrected chi connectivity index (χ1v) is 9.72. The molecule has 0 saturated carbocycles. The van der Waals surface area contributed by atoms with Crippen molar-refractivity contribution in [2.45, 2.75) is 32.2 Å². The normalized spacial score (nSPS) is 16.0. The maximum absolute atomic E-state index is 12.8. The molecule has 4 rings (SSSR count). The predicted octanol–water partition coefficient (Wildman–Crippen LogP) is 2.75. The molecule has 1 atom stereocenters. The number of carbonyl (C=O) groups is 2. The summed E-state index contributed by atoms with van der Waals surface area (Å²) in [5, 5.41) is 2.95. The van der Waals surface area contributed by atoms with Crippen LogP contribution in [0.3, 0.4) is 0 Å². The maximum atomic E-state index is 12.8. The molecule has 7 nitrogen and oxygen atoms in total. The van der Waals surface area contributed by atoms with Gasteiger partial charge in [0, 0.05) is 42.2 Å². The van der Waals surface area contributed by atoms with Crippen molar-refractivity contribution in [3.05, 3.63) is 72.6 Å². The molecule has 0 spiro atoms. The van der Waals surface area contributed by atoms with Gasteiger partial charge in [-0.2, -0.15) is 0 Å². The summed E-state index contributed by atoms with van der Waals surface area (Å²) in [5.74, 6) is 0.686. The molecule has 0 radical (unpaired) electrons. The first kappa shape index (κ1) is 18.9. The highest BCUT2D eigenvalue weighted by atomic mass is 16.2. The van der Waals surface area contributed by atoms with E-state index < -0.39 is 6.04 Å². The Balaban J connectivity index is 1.41. The number of aromatic nitrogens is 3. The van der Waals surface area contributed by atoms with E-state index >= 15 is 0 Å². The summed E-state index contributed by atoms with van der Waals surface area (Å²) in [5.41, 5.74) is 2.40. The third-order valence-electron chi connectivity index (χ3n) is 5.17. The second-order valence-corrected chi connectivity index (χ2v) is 7.12. The van der Waals surface area contributed by atoms with Crippen LogP contribution in [0.2, 0.25) is 0 Å². The lowest BCUT2D eigenvalue weighted by atomic mass is 10.1. The molecule has 7 heteroatoms. The van der Waals surface area contributed by atoms with Gasteiger partial charge in [0.2, 0.25) is 11.8 Å². The zero-order chi connectivity index (χ0) is 20.2. The molecule has 2 amide bonds. The number of carbonyl (C=O) groups excluding carboxylic acids is 2. The van der Waals surface area contributed by atoms with Gasteiger partial charge in [-0.3, -0.25) is 14.6 Å². The smallest absolute Gasteiger partial charge is 0.247 e. The van der Waals surface area contributed by atoms with Crippen molar-refractivity contribution in [1.82, 2.24) is 19.4 Å². The summed E-state index contributed by atoms with van der Waals surface area (Å²) < 4.78 is 1.97. The molecule has 1 fully saturated rings. The number of hydrogen-bond donors (Lipinski definition) is 1. The van der Waals surface area contributed by atoms with Gasteiger partial charge in [-0.05, 0) is 56.2 Å². The molecular weight excluding hydrogens is 366 g/mol. The van der Waals surface area contributed by atoms with Crippen molar-refractivity contribution in [1.29, 1.82) is 0 Å². The highest BCUT2D eigenvalue weighted by Crippen LogP contribution is 2.21. The molecule has 148 valence electrons. The van der Waals surface area contributed by atoms with E-state index in [0.29, 0.717) is 24.3 Å². The van der Waals surface area contributed by atoms with E-state index in [1.165, 1.54) is 0 Å². The van der Waals surface area contributed by atoms with Crippen molar-refractivity contribution in [2.75, 3.05) is 11.9 Å². The van der Waals surface area contributed by atoms with Crippen LogP contribution in [-0.2, 0) is 16.0 Å². The molecule has 1 N–H and O–H groups in total. The minimum Gasteiger partial charge on any atom is -0.330 e. The molecule has 1 unspecified atom stereocenters. The first-order chi connectivity index (χ1) is 14.1. The van der Waals surface area contributed by atoms with Crippen LogP contribution in [0, 0.1) is 6.92 Å². The Bertz CT molecular complexity index is 998. The number of likely N-dealkylation sites (tertiary alicyclic amines) is 1. The fourth-order valence-electron chi connectivity index (χ4n) is 3.68. The van der Waals surface area contributed by atoms with E-state index in [0.717, 1.165) is 17.9 Å². The summed E-state index contributed by atoms with van der Waals surface area (Å²) in [6, 6.07) is 12.7. The Labute approximate surface area is 169 Å². The molecule has 0 bridgehead atoms. The van der Waals surface area contributed by atoms with Gasteiger partial charge < -0.3 is 14.8 Å². The molecule has 1 saturated heterocycles. The second-order valence-electron chi connectivity index (χ2n) is 7.12. The third-order valence-corrected chi connectivity index (χ3v) is 5.17. The average molecular weight is 389 g/mol. The third kappa shape index (κ3) is 4.18. The zero-order valence-corrected chi connectivity index (χ0v) is 16.3. The van der Waals surface area contributed by atoms with Crippen LogP contribution in [-0.4, -0.2) is 43.8 Å². The monoisotopic (exact) mass is 389 g/mol. The number of nitrogens with one attached hydrogen (secondary N) is 1. The molecule has 2 aromatic heterocycles. The average Bonchev–Trinajstić information content (AvgIpc) is 3.39. The summed E-state index contributed by atoms with van der Waals surface area (Å²) in [7, 11) is 0. The summed E-state index contributed by atoms with van der Waals surface area (Å²) in [6.45, 7) is 2.54. The van der Waals surface area contributed by atoms with Gasteiger partial charge in [-0.1, -0.05) is 6.07 Å². The van der Waals surface area contributed by atoms with Crippen LogP contribution in [0.1, 0.15) is 24.4 Å². The van der Waals surface area contributed by atoms with E-state index in [-0.39, 0.29) is 18.2 Å². The number of anilines is 1. The van der Waals surface area contributed by atoms with Gasteiger partial charge in [0.25, 0.3) is 0 Å². The highest BCUT2D eigenvalue weighted by Gasteiger charge is 2.34. The van der Waals surface area contributed by atoms with Gasteiger partial charge in [0.15, 0.2) is 0 Å². The van der Waals surface area contributed by atoms with Crippen molar-refractivity contribution in [3.63, 3.8) is 0 Å². The lowest BCUT2D eigenvalue weighted by Gasteiger charge is -2.24. The minimum atomic E-state index is -0.443. The Morgan fingerprint density at radius 1 is 1.10 bits per heavy atom. The highest BCUT2D eigenvalue weighted by molar-refractivity contribution is 5.97. The quantitative estimate of drug-likeness (QED) is 0.728. The molecule has 1 aliphatic heterocycles. The van der Waals surface area contributed by atoms with Crippen LogP contribution in [0.15, 0.2) is 61.1 Å². The Morgan fingerprint density at radius 2 is 1.93 bits per heavy atom. The molecule has 0 aliphatic carbocycles. The van der Waals surface area contributed by atoms with Crippen molar-refractivity contribution < 1.29 is 9.59 Å². The Hall–Kier alpha value is -3.48. The molecule has 29 heavy (non-hydrogen) atoms. The second kappa shape index (κ2) is 8.26. The number of rotatable bonds is 5. The van der Waals surface area contributed by atoms with Crippen LogP contribution < -0.4 is 5.32 Å². The van der Waals surface area contributed by atoms with E-state index in [2.05, 4.69) is 15.3 Å². The summed E-state index contributed by atoms with van der Waals surface area (Å²) in [6.07, 6.45) is 7.03. The zero-order valence-electron chi connectivity index (χ0n) is 16.3. The van der Waals surface area contributed by atoms with Crippen LogP contribution in [0.5, 0.6) is 0 Å². The van der Waals surface area contributed by atoms with E-state index in [9.17, 15) is 9.59 Å². The van der Waals surface area contributed by atoms with Crippen LogP contribution >= 0.6 is 0 Å². The number of benzene rings is 1. The number of amides is 2. The van der Waals surface area contributed by atoms with Crippen LogP contribution in [0.4, 0.5) is 5.69 Å². The Kier molecular flexibility index (Phi) is 5.37. The fourth-order valence-corrected chi connectivity index (χ4v) is 3.68. The van der Waals surface area contributed by atoms with Crippen molar-refractivity contribution in [2.24, 2.45) is 0 Å². The minimum absolute atomic E-state index is 0.0627. The standard InChI is InChI=1S/C22H23N5O2/c1-16-23-12-14-26(16)19-9-7-17(8-10-19)25-22(29)20-6-4-13-27(20)21(28)15-18-5-2-3-11-24-18/h2-3,5,7-12,14,20H,4,6,13,15H2,1H3,(H,25,29). The van der Waals surface area contributed by atoms with Crippen molar-refractivity contribution >= 4 is 17.5 Å². The van der Waals surface area contributed by atoms with Crippen molar-refractivity contribution in [3.8, 4) is 5.69 Å². The van der Waals surface area contributed by atoms with E-state index in [1.54, 1.807) is 17.3 Å². The molecule has 3 aromatic rings. The van der Waals surface area contributed by atoms with Gasteiger partial charge in [0.1, 0.15) is 11.9 Å². The van der Waals surface area contributed by atoms with E-state index in [1.807, 2.05) is 60.2 Å². The maximum Gasteiger partial charge on any atom is 0.247 e. The van der Waals surface area contributed by atoms with Gasteiger partial charge in [-0.15, -0.1) is 0 Å². The number of nitrogens with zero attached hydrogens (tertiary/aromatic N) is 4. The topological polar surface area (TPSA) is 80.1 Å². The fraction of sp³-hybridized carbons (Fsp3) is 0.273. The summed E-state index contributed by atoms with van der Waals surface area (Å²) in [4.78, 5) is 35.6. The number of hydrogen-bond acceptors (Lipinski definition) is 4. The number of aryl methyl sites for hydroxylation is 1. The van der Waals surface area contributed by atoms with E-state index in [4.69, 9.17) is 0 Å². The summed E-state index contributed by atoms with van der Waals surface area (Å²) >= 11 is 0. The lowest BCUT2D eigenvalue weighted by molar-refractivity contribution is -0.136. The lowest BCUT2D eigenvalue weighted by Crippen LogP contribution is -2.43. The number of pyridine rings is 1. The van der Waals surface area contributed by atoms with Gasteiger partial charge in [-0.25, -0.2) is 4.98 Å². The first-order valence-electron chi connectivity index (χ1n) is 9.72. The number of imidazole rings is 1. The predicted molar refractivity (Wildman–Crippen MR) is 110 cm³/mol.